The van der Waals surface area contributed by atoms with E-state index in [0.29, 0.717) is 6.61 Å². The van der Waals surface area contributed by atoms with Gasteiger partial charge in [-0.1, -0.05) is 33.6 Å². The molecule has 0 atom stereocenters. The second-order valence-electron chi connectivity index (χ2n) is 3.72. The monoisotopic (exact) mass is 275 g/mol. The lowest BCUT2D eigenvalue weighted by Gasteiger charge is -2.15. The van der Waals surface area contributed by atoms with Gasteiger partial charge in [0.15, 0.2) is 0 Å². The first kappa shape index (κ1) is 10.4. The molecule has 1 aliphatic rings. The molecule has 1 aromatic rings. The Hall–Kier alpha value is -0.0900. The molecule has 0 saturated heterocycles. The van der Waals surface area contributed by atoms with E-state index in [9.17, 15) is 0 Å². The van der Waals surface area contributed by atoms with Crippen molar-refractivity contribution in [3.63, 3.8) is 0 Å². The van der Waals surface area contributed by atoms with Crippen LogP contribution in [0.5, 0.6) is 0 Å². The van der Waals surface area contributed by atoms with Crippen molar-refractivity contribution in [1.29, 1.82) is 0 Å². The first-order valence-electron chi connectivity index (χ1n) is 4.45. The lowest BCUT2D eigenvalue weighted by Crippen LogP contribution is -2.18. The van der Waals surface area contributed by atoms with Gasteiger partial charge < -0.3 is 4.84 Å². The van der Waals surface area contributed by atoms with Gasteiger partial charge in [0.1, 0.15) is 0 Å². The predicted octanol–water partition coefficient (Wildman–Crippen LogP) is 3.02. The summed E-state index contributed by atoms with van der Waals surface area (Å²) in [4.78, 5) is 4.74. The molecule has 76 valence electrons. The van der Waals surface area contributed by atoms with Gasteiger partial charge in [-0.25, -0.2) is 5.90 Å². The maximum atomic E-state index is 6.16. The third kappa shape index (κ3) is 1.82. The number of rotatable bonds is 3. The van der Waals surface area contributed by atoms with Crippen LogP contribution in [0.3, 0.4) is 0 Å². The molecule has 2 rings (SSSR count). The van der Waals surface area contributed by atoms with Crippen LogP contribution in [0.2, 0.25) is 5.02 Å². The van der Waals surface area contributed by atoms with E-state index >= 15 is 0 Å². The van der Waals surface area contributed by atoms with Gasteiger partial charge >= 0.3 is 0 Å². The second kappa shape index (κ2) is 3.81. The van der Waals surface area contributed by atoms with Crippen LogP contribution in [0, 0.1) is 0 Å². The van der Waals surface area contributed by atoms with Crippen LogP contribution in [-0.4, -0.2) is 6.61 Å². The summed E-state index contributed by atoms with van der Waals surface area (Å²) in [5.74, 6) is 5.12. The van der Waals surface area contributed by atoms with Crippen LogP contribution in [0.15, 0.2) is 22.7 Å². The fraction of sp³-hybridized carbons (Fsp3) is 0.400. The molecule has 2 N–H and O–H groups in total. The fourth-order valence-corrected chi connectivity index (χ4v) is 2.60. The van der Waals surface area contributed by atoms with Crippen molar-refractivity contribution in [2.75, 3.05) is 6.61 Å². The van der Waals surface area contributed by atoms with E-state index in [1.807, 2.05) is 18.2 Å². The van der Waals surface area contributed by atoms with Crippen molar-refractivity contribution in [3.8, 4) is 0 Å². The van der Waals surface area contributed by atoms with Crippen molar-refractivity contribution in [2.24, 2.45) is 5.90 Å². The first-order chi connectivity index (χ1) is 6.68. The lowest BCUT2D eigenvalue weighted by atomic mass is 9.97. The maximum absolute atomic E-state index is 6.16. The van der Waals surface area contributed by atoms with Gasteiger partial charge in [0.25, 0.3) is 0 Å². The van der Waals surface area contributed by atoms with Crippen LogP contribution in [0.4, 0.5) is 0 Å². The van der Waals surface area contributed by atoms with E-state index < -0.39 is 0 Å². The predicted molar refractivity (Wildman–Crippen MR) is 60.2 cm³/mol. The highest BCUT2D eigenvalue weighted by Gasteiger charge is 2.45. The molecule has 1 saturated carbocycles. The Morgan fingerprint density at radius 1 is 1.50 bits per heavy atom. The van der Waals surface area contributed by atoms with Gasteiger partial charge in [0.05, 0.1) is 6.61 Å². The molecule has 0 aliphatic heterocycles. The summed E-state index contributed by atoms with van der Waals surface area (Å²) in [6, 6.07) is 5.95. The standard InChI is InChI=1S/C10H11BrClNO/c11-7-1-2-8(9(12)5-7)10(3-4-10)6-14-13/h1-2,5H,3-4,6,13H2. The molecule has 0 aromatic heterocycles. The molecule has 14 heavy (non-hydrogen) atoms. The van der Waals surface area contributed by atoms with Crippen LogP contribution >= 0.6 is 27.5 Å². The Labute approximate surface area is 96.5 Å². The van der Waals surface area contributed by atoms with Crippen molar-refractivity contribution >= 4 is 27.5 Å². The second-order valence-corrected chi connectivity index (χ2v) is 5.04. The van der Waals surface area contributed by atoms with E-state index in [1.165, 1.54) is 0 Å². The third-order valence-electron chi connectivity index (χ3n) is 2.72. The summed E-state index contributed by atoms with van der Waals surface area (Å²) in [7, 11) is 0. The summed E-state index contributed by atoms with van der Waals surface area (Å²) < 4.78 is 0.996. The number of hydrogen-bond acceptors (Lipinski definition) is 2. The Morgan fingerprint density at radius 3 is 2.71 bits per heavy atom. The normalized spacial score (nSPS) is 18.2. The quantitative estimate of drug-likeness (QED) is 0.861. The zero-order valence-corrected chi connectivity index (χ0v) is 9.94. The zero-order valence-electron chi connectivity index (χ0n) is 7.59. The molecular formula is C10H11BrClNO. The number of benzene rings is 1. The van der Waals surface area contributed by atoms with Gasteiger partial charge in [-0.15, -0.1) is 0 Å². The van der Waals surface area contributed by atoms with Crippen LogP contribution in [0.25, 0.3) is 0 Å². The zero-order chi connectivity index (χ0) is 10.2. The summed E-state index contributed by atoms with van der Waals surface area (Å²) in [6.45, 7) is 0.550. The Bertz CT molecular complexity index is 352. The van der Waals surface area contributed by atoms with Gasteiger partial charge in [-0.2, -0.15) is 0 Å². The minimum atomic E-state index is 0.0759. The minimum Gasteiger partial charge on any atom is -0.304 e. The largest absolute Gasteiger partial charge is 0.304 e. The maximum Gasteiger partial charge on any atom is 0.0776 e. The van der Waals surface area contributed by atoms with Gasteiger partial charge in [-0.05, 0) is 30.5 Å². The summed E-state index contributed by atoms with van der Waals surface area (Å²) in [5, 5.41) is 0.786. The highest BCUT2D eigenvalue weighted by molar-refractivity contribution is 9.10. The summed E-state index contributed by atoms with van der Waals surface area (Å²) >= 11 is 9.55. The topological polar surface area (TPSA) is 35.2 Å². The van der Waals surface area contributed by atoms with Crippen molar-refractivity contribution in [1.82, 2.24) is 0 Å². The van der Waals surface area contributed by atoms with Crippen LogP contribution in [-0.2, 0) is 10.3 Å². The Balaban J connectivity index is 2.32. The van der Waals surface area contributed by atoms with Crippen molar-refractivity contribution < 1.29 is 4.84 Å². The first-order valence-corrected chi connectivity index (χ1v) is 5.62. The molecule has 4 heteroatoms. The SMILES string of the molecule is NOCC1(c2ccc(Br)cc2Cl)CC1. The average molecular weight is 277 g/mol. The highest BCUT2D eigenvalue weighted by Crippen LogP contribution is 2.50. The van der Waals surface area contributed by atoms with Crippen molar-refractivity contribution in [2.45, 2.75) is 18.3 Å². The molecule has 1 fully saturated rings. The number of halogens is 2. The molecule has 0 heterocycles. The average Bonchev–Trinajstić information content (AvgIpc) is 2.86. The number of nitrogens with two attached hydrogens (primary N) is 1. The summed E-state index contributed by atoms with van der Waals surface area (Å²) in [6.07, 6.45) is 2.21. The Morgan fingerprint density at radius 2 is 2.21 bits per heavy atom. The molecule has 0 bridgehead atoms. The summed E-state index contributed by atoms with van der Waals surface area (Å²) in [5.41, 5.74) is 1.22. The third-order valence-corrected chi connectivity index (χ3v) is 3.52. The fourth-order valence-electron chi connectivity index (χ4n) is 1.72. The van der Waals surface area contributed by atoms with Gasteiger partial charge in [0, 0.05) is 14.9 Å². The van der Waals surface area contributed by atoms with E-state index in [-0.39, 0.29) is 5.41 Å². The van der Waals surface area contributed by atoms with Crippen LogP contribution < -0.4 is 5.90 Å². The molecule has 1 aromatic carbocycles. The van der Waals surface area contributed by atoms with Gasteiger partial charge in [-0.3, -0.25) is 0 Å². The van der Waals surface area contributed by atoms with E-state index in [2.05, 4.69) is 15.9 Å². The van der Waals surface area contributed by atoms with E-state index in [0.717, 1.165) is 27.9 Å². The molecule has 0 spiro atoms. The highest BCUT2D eigenvalue weighted by atomic mass is 79.9. The molecule has 1 aliphatic carbocycles. The van der Waals surface area contributed by atoms with Crippen LogP contribution in [0.1, 0.15) is 18.4 Å². The van der Waals surface area contributed by atoms with Gasteiger partial charge in [0.2, 0.25) is 0 Å². The molecular weight excluding hydrogens is 265 g/mol. The number of hydrogen-bond donors (Lipinski definition) is 1. The van der Waals surface area contributed by atoms with E-state index in [4.69, 9.17) is 22.3 Å². The molecule has 0 unspecified atom stereocenters. The van der Waals surface area contributed by atoms with E-state index in [1.54, 1.807) is 0 Å². The van der Waals surface area contributed by atoms with Crippen molar-refractivity contribution in [3.05, 3.63) is 33.3 Å². The molecule has 2 nitrogen and oxygen atoms in total. The molecule has 0 radical (unpaired) electrons. The Kier molecular flexibility index (Phi) is 2.84. The smallest absolute Gasteiger partial charge is 0.0776 e. The minimum absolute atomic E-state index is 0.0759. The lowest BCUT2D eigenvalue weighted by molar-refractivity contribution is 0.116. The molecule has 0 amide bonds.